The molecule has 1 fully saturated rings. The van der Waals surface area contributed by atoms with Crippen molar-refractivity contribution in [1.82, 2.24) is 25.7 Å². The molecule has 0 spiro atoms. The van der Waals surface area contributed by atoms with Crippen LogP contribution in [0.15, 0.2) is 12.4 Å². The summed E-state index contributed by atoms with van der Waals surface area (Å²) < 4.78 is 28.7. The Morgan fingerprint density at radius 3 is 2.77 bits per heavy atom. The third-order valence-corrected chi connectivity index (χ3v) is 4.27. The lowest BCUT2D eigenvalue weighted by atomic mass is 9.98. The molecular formula is C17H27F2N5O2. The molecule has 1 aliphatic heterocycles. The van der Waals surface area contributed by atoms with Gasteiger partial charge in [0.1, 0.15) is 6.04 Å². The third-order valence-electron chi connectivity index (χ3n) is 4.27. The number of carbonyl (C=O) groups is 2. The van der Waals surface area contributed by atoms with Crippen LogP contribution in [0.2, 0.25) is 0 Å². The van der Waals surface area contributed by atoms with Gasteiger partial charge < -0.3 is 16.0 Å². The largest absolute Gasteiger partial charge is 0.350 e. The summed E-state index contributed by atoms with van der Waals surface area (Å²) in [7, 11) is 1.78. The summed E-state index contributed by atoms with van der Waals surface area (Å²) in [6.45, 7) is 4.23. The second-order valence-corrected chi connectivity index (χ2v) is 7.25. The van der Waals surface area contributed by atoms with Crippen molar-refractivity contribution in [1.29, 1.82) is 0 Å². The molecule has 0 saturated carbocycles. The first-order chi connectivity index (χ1) is 12.2. The van der Waals surface area contributed by atoms with Crippen LogP contribution >= 0.6 is 0 Å². The molecule has 2 amide bonds. The monoisotopic (exact) mass is 371 g/mol. The van der Waals surface area contributed by atoms with Crippen molar-refractivity contribution in [2.24, 2.45) is 13.0 Å². The van der Waals surface area contributed by atoms with Crippen LogP contribution in [0.4, 0.5) is 8.78 Å². The number of carbonyl (C=O) groups excluding carboxylic acids is 2. The van der Waals surface area contributed by atoms with Crippen LogP contribution in [-0.2, 0) is 23.2 Å². The van der Waals surface area contributed by atoms with Crippen molar-refractivity contribution >= 4 is 11.8 Å². The van der Waals surface area contributed by atoms with Crippen LogP contribution in [0.25, 0.3) is 0 Å². The maximum atomic E-state index is 13.5. The Morgan fingerprint density at radius 2 is 2.19 bits per heavy atom. The Kier molecular flexibility index (Phi) is 6.69. The van der Waals surface area contributed by atoms with Crippen LogP contribution in [0, 0.1) is 5.92 Å². The molecule has 26 heavy (non-hydrogen) atoms. The number of nitrogens with zero attached hydrogens (tertiary/aromatic N) is 2. The number of nitrogens with one attached hydrogen (secondary N) is 3. The second kappa shape index (κ2) is 8.57. The molecule has 2 rings (SSSR count). The van der Waals surface area contributed by atoms with E-state index in [4.69, 9.17) is 0 Å². The van der Waals surface area contributed by atoms with Crippen molar-refractivity contribution in [3.63, 3.8) is 0 Å². The summed E-state index contributed by atoms with van der Waals surface area (Å²) >= 11 is 0. The minimum Gasteiger partial charge on any atom is -0.350 e. The smallest absolute Gasteiger partial charge is 0.251 e. The van der Waals surface area contributed by atoms with Crippen molar-refractivity contribution < 1.29 is 18.4 Å². The maximum absolute atomic E-state index is 13.5. The molecule has 1 aliphatic rings. The van der Waals surface area contributed by atoms with E-state index in [0.717, 1.165) is 5.56 Å². The lowest BCUT2D eigenvalue weighted by Crippen LogP contribution is -2.56. The van der Waals surface area contributed by atoms with Gasteiger partial charge in [0.05, 0.1) is 12.2 Å². The fourth-order valence-electron chi connectivity index (χ4n) is 2.94. The summed E-state index contributed by atoms with van der Waals surface area (Å²) in [5, 5.41) is 12.2. The Morgan fingerprint density at radius 1 is 1.46 bits per heavy atom. The molecule has 1 aromatic heterocycles. The third kappa shape index (κ3) is 6.05. The number of aromatic nitrogens is 2. The first kappa shape index (κ1) is 20.3. The zero-order valence-electron chi connectivity index (χ0n) is 15.4. The van der Waals surface area contributed by atoms with E-state index in [1.165, 1.54) is 0 Å². The molecule has 1 aromatic rings. The van der Waals surface area contributed by atoms with E-state index in [1.54, 1.807) is 24.1 Å². The first-order valence-corrected chi connectivity index (χ1v) is 8.83. The van der Waals surface area contributed by atoms with Gasteiger partial charge in [0.15, 0.2) is 0 Å². The highest BCUT2D eigenvalue weighted by Crippen LogP contribution is 2.27. The maximum Gasteiger partial charge on any atom is 0.251 e. The van der Waals surface area contributed by atoms with E-state index < -0.39 is 30.3 Å². The van der Waals surface area contributed by atoms with E-state index in [0.29, 0.717) is 6.42 Å². The summed E-state index contributed by atoms with van der Waals surface area (Å²) in [5.74, 6) is -3.60. The molecule has 3 N–H and O–H groups in total. The van der Waals surface area contributed by atoms with Gasteiger partial charge in [-0.05, 0) is 12.3 Å². The highest BCUT2D eigenvalue weighted by molar-refractivity contribution is 5.89. The van der Waals surface area contributed by atoms with E-state index in [9.17, 15) is 18.4 Å². The summed E-state index contributed by atoms with van der Waals surface area (Å²) in [5.41, 5.74) is 0.837. The average Bonchev–Trinajstić information content (AvgIpc) is 2.96. The number of amides is 2. The van der Waals surface area contributed by atoms with Crippen molar-refractivity contribution in [3.05, 3.63) is 18.0 Å². The van der Waals surface area contributed by atoms with Gasteiger partial charge in [-0.1, -0.05) is 13.8 Å². The van der Waals surface area contributed by atoms with Gasteiger partial charge in [-0.25, -0.2) is 8.78 Å². The summed E-state index contributed by atoms with van der Waals surface area (Å²) in [4.78, 5) is 24.8. The quantitative estimate of drug-likeness (QED) is 0.666. The standard InChI is InChI=1S/C17H27F2N5O2/c1-11(2)6-13(15(25)21-8-12-9-22-24(3)10-12)23-16(26)14-7-17(18,19)4-5-20-14/h9-11,13-14,20H,4-8H2,1-3H3,(H,21,25)(H,23,26)/t13-,14-/m0/s1. The lowest BCUT2D eigenvalue weighted by molar-refractivity contribution is -0.133. The molecule has 2 heterocycles. The van der Waals surface area contributed by atoms with Gasteiger partial charge in [-0.3, -0.25) is 14.3 Å². The highest BCUT2D eigenvalue weighted by atomic mass is 19.3. The van der Waals surface area contributed by atoms with E-state index >= 15 is 0 Å². The number of halogens is 2. The van der Waals surface area contributed by atoms with Crippen LogP contribution in [0.1, 0.15) is 38.7 Å². The molecule has 1 saturated heterocycles. The molecule has 7 nitrogen and oxygen atoms in total. The molecule has 0 radical (unpaired) electrons. The predicted octanol–water partition coefficient (Wildman–Crippen LogP) is 0.955. The van der Waals surface area contributed by atoms with E-state index in [-0.39, 0.29) is 31.3 Å². The molecule has 0 aliphatic carbocycles. The SMILES string of the molecule is CC(C)C[C@H](NC(=O)[C@@H]1CC(F)(F)CCN1)C(=O)NCc1cnn(C)c1. The number of hydrogen-bond acceptors (Lipinski definition) is 4. The first-order valence-electron chi connectivity index (χ1n) is 8.83. The Labute approximate surface area is 151 Å². The van der Waals surface area contributed by atoms with E-state index in [2.05, 4.69) is 21.0 Å². The number of rotatable bonds is 7. The van der Waals surface area contributed by atoms with Crippen molar-refractivity contribution in [2.75, 3.05) is 6.54 Å². The highest BCUT2D eigenvalue weighted by Gasteiger charge is 2.39. The molecule has 9 heteroatoms. The summed E-state index contributed by atoms with van der Waals surface area (Å²) in [6.07, 6.45) is 3.02. The van der Waals surface area contributed by atoms with Gasteiger partial charge in [-0.15, -0.1) is 0 Å². The number of hydrogen-bond donors (Lipinski definition) is 3. The number of alkyl halides is 2. The average molecular weight is 371 g/mol. The zero-order valence-corrected chi connectivity index (χ0v) is 15.4. The number of piperidine rings is 1. The van der Waals surface area contributed by atoms with Crippen LogP contribution < -0.4 is 16.0 Å². The van der Waals surface area contributed by atoms with Crippen LogP contribution in [0.5, 0.6) is 0 Å². The molecule has 0 aromatic carbocycles. The van der Waals surface area contributed by atoms with E-state index in [1.807, 2.05) is 13.8 Å². The molecular weight excluding hydrogens is 344 g/mol. The van der Waals surface area contributed by atoms with Crippen molar-refractivity contribution in [2.45, 2.75) is 57.7 Å². The van der Waals surface area contributed by atoms with Gasteiger partial charge in [0.2, 0.25) is 11.8 Å². The topological polar surface area (TPSA) is 88.1 Å². The van der Waals surface area contributed by atoms with Gasteiger partial charge in [0, 0.05) is 44.7 Å². The molecule has 2 atom stereocenters. The minimum absolute atomic E-state index is 0.0765. The fourth-order valence-corrected chi connectivity index (χ4v) is 2.94. The van der Waals surface area contributed by atoms with Gasteiger partial charge in [0.25, 0.3) is 5.92 Å². The summed E-state index contributed by atoms with van der Waals surface area (Å²) in [6, 6.07) is -1.75. The Balaban J connectivity index is 1.94. The van der Waals surface area contributed by atoms with Gasteiger partial charge >= 0.3 is 0 Å². The molecule has 0 unspecified atom stereocenters. The number of aryl methyl sites for hydroxylation is 1. The van der Waals surface area contributed by atoms with Gasteiger partial charge in [-0.2, -0.15) is 5.10 Å². The predicted molar refractivity (Wildman–Crippen MR) is 92.4 cm³/mol. The Bertz CT molecular complexity index is 632. The fraction of sp³-hybridized carbons (Fsp3) is 0.706. The second-order valence-electron chi connectivity index (χ2n) is 7.25. The normalized spacial score (nSPS) is 20.6. The molecule has 0 bridgehead atoms. The van der Waals surface area contributed by atoms with Crippen LogP contribution in [0.3, 0.4) is 0 Å². The zero-order chi connectivity index (χ0) is 19.3. The van der Waals surface area contributed by atoms with Crippen molar-refractivity contribution in [3.8, 4) is 0 Å². The Hall–Kier alpha value is -2.03. The molecule has 146 valence electrons. The lowest BCUT2D eigenvalue weighted by Gasteiger charge is -2.30. The minimum atomic E-state index is -2.86. The van der Waals surface area contributed by atoms with Crippen LogP contribution in [-0.4, -0.2) is 46.1 Å².